The second-order valence-electron chi connectivity index (χ2n) is 4.63. The summed E-state index contributed by atoms with van der Waals surface area (Å²) in [7, 11) is 0. The Morgan fingerprint density at radius 2 is 2.10 bits per heavy atom. The fourth-order valence-corrected chi connectivity index (χ4v) is 3.08. The molecule has 2 rings (SSSR count). The minimum Gasteiger partial charge on any atom is -0.378 e. The Hall–Kier alpha value is -1.43. The smallest absolute Gasteiger partial charge is 0.253 e. The number of nitrogens with one attached hydrogen (secondary N) is 1. The average molecular weight is 325 g/mol. The van der Waals surface area contributed by atoms with Gasteiger partial charge >= 0.3 is 0 Å². The Balaban J connectivity index is 1.99. The molecule has 0 saturated carbocycles. The van der Waals surface area contributed by atoms with E-state index in [-0.39, 0.29) is 0 Å². The van der Waals surface area contributed by atoms with Gasteiger partial charge in [-0.25, -0.2) is 4.98 Å². The van der Waals surface area contributed by atoms with Crippen molar-refractivity contribution >= 4 is 28.8 Å². The van der Waals surface area contributed by atoms with E-state index in [9.17, 15) is 9.90 Å². The van der Waals surface area contributed by atoms with Crippen molar-refractivity contribution in [1.82, 2.24) is 10.3 Å². The molecule has 0 aliphatic rings. The number of aryl methyl sites for hydroxylation is 2. The first-order chi connectivity index (χ1) is 10.0. The van der Waals surface area contributed by atoms with Crippen LogP contribution in [0.3, 0.4) is 0 Å². The van der Waals surface area contributed by atoms with Crippen molar-refractivity contribution in [2.75, 3.05) is 0 Å². The van der Waals surface area contributed by atoms with Gasteiger partial charge in [0.05, 0.1) is 17.2 Å². The van der Waals surface area contributed by atoms with Crippen LogP contribution in [0.15, 0.2) is 24.3 Å². The molecule has 0 spiro atoms. The van der Waals surface area contributed by atoms with Crippen molar-refractivity contribution in [2.24, 2.45) is 0 Å². The zero-order valence-corrected chi connectivity index (χ0v) is 13.5. The average Bonchev–Trinajstić information content (AvgIpc) is 2.85. The van der Waals surface area contributed by atoms with Crippen LogP contribution in [0.1, 0.15) is 34.2 Å². The third-order valence-electron chi connectivity index (χ3n) is 3.08. The van der Waals surface area contributed by atoms with Crippen molar-refractivity contribution in [3.8, 4) is 0 Å². The lowest BCUT2D eigenvalue weighted by molar-refractivity contribution is -0.129. The standard InChI is InChI=1S/C15H17ClN2O2S/c1-3-12-13(21-9(2)18-12)8-17-15(20)14(19)10-4-6-11(16)7-5-10/h4-7,14,19H,3,8H2,1-2H3,(H,17,20). The highest BCUT2D eigenvalue weighted by atomic mass is 35.5. The molecule has 112 valence electrons. The Morgan fingerprint density at radius 3 is 2.71 bits per heavy atom. The molecule has 2 aromatic rings. The normalized spacial score (nSPS) is 12.2. The second-order valence-corrected chi connectivity index (χ2v) is 6.35. The lowest BCUT2D eigenvalue weighted by atomic mass is 10.1. The Morgan fingerprint density at radius 1 is 1.43 bits per heavy atom. The first-order valence-electron chi connectivity index (χ1n) is 6.67. The molecule has 0 saturated heterocycles. The Kier molecular flexibility index (Phi) is 5.33. The predicted molar refractivity (Wildman–Crippen MR) is 84.5 cm³/mol. The van der Waals surface area contributed by atoms with Crippen LogP contribution in [0.2, 0.25) is 5.02 Å². The number of amides is 1. The number of rotatable bonds is 5. The quantitative estimate of drug-likeness (QED) is 0.888. The van der Waals surface area contributed by atoms with Gasteiger partial charge in [0.25, 0.3) is 5.91 Å². The van der Waals surface area contributed by atoms with Gasteiger partial charge in [0.2, 0.25) is 0 Å². The third-order valence-corrected chi connectivity index (χ3v) is 4.34. The summed E-state index contributed by atoms with van der Waals surface area (Å²) in [5, 5.41) is 14.3. The van der Waals surface area contributed by atoms with E-state index in [2.05, 4.69) is 10.3 Å². The minimum atomic E-state index is -1.19. The first kappa shape index (κ1) is 15.9. The molecular formula is C15H17ClN2O2S. The molecule has 0 fully saturated rings. The second kappa shape index (κ2) is 7.02. The molecule has 1 aromatic carbocycles. The van der Waals surface area contributed by atoms with Crippen LogP contribution >= 0.6 is 22.9 Å². The first-order valence-corrected chi connectivity index (χ1v) is 7.87. The summed E-state index contributed by atoms with van der Waals surface area (Å²) in [5.74, 6) is -0.426. The number of hydrogen-bond donors (Lipinski definition) is 2. The highest BCUT2D eigenvalue weighted by Gasteiger charge is 2.18. The molecule has 6 heteroatoms. The SMILES string of the molecule is CCc1nc(C)sc1CNC(=O)C(O)c1ccc(Cl)cc1. The van der Waals surface area contributed by atoms with Crippen molar-refractivity contribution in [3.05, 3.63) is 50.4 Å². The van der Waals surface area contributed by atoms with E-state index in [0.29, 0.717) is 17.1 Å². The van der Waals surface area contributed by atoms with E-state index >= 15 is 0 Å². The lowest BCUT2D eigenvalue weighted by Gasteiger charge is -2.11. The molecule has 1 unspecified atom stereocenters. The molecule has 1 aromatic heterocycles. The maximum Gasteiger partial charge on any atom is 0.253 e. The van der Waals surface area contributed by atoms with Crippen LogP contribution < -0.4 is 5.32 Å². The molecule has 0 radical (unpaired) electrons. The number of aliphatic hydroxyl groups is 1. The molecule has 0 aliphatic carbocycles. The molecular weight excluding hydrogens is 308 g/mol. The number of benzene rings is 1. The van der Waals surface area contributed by atoms with Crippen LogP contribution in [-0.4, -0.2) is 16.0 Å². The van der Waals surface area contributed by atoms with Gasteiger partial charge in [0, 0.05) is 9.90 Å². The Bertz CT molecular complexity index is 625. The number of thiazole rings is 1. The number of hydrogen-bond acceptors (Lipinski definition) is 4. The van der Waals surface area contributed by atoms with Crippen LogP contribution in [0.4, 0.5) is 0 Å². The molecule has 1 atom stereocenters. The third kappa shape index (κ3) is 4.03. The fraction of sp³-hybridized carbons (Fsp3) is 0.333. The molecule has 4 nitrogen and oxygen atoms in total. The zero-order chi connectivity index (χ0) is 15.4. The lowest BCUT2D eigenvalue weighted by Crippen LogP contribution is -2.28. The summed E-state index contributed by atoms with van der Waals surface area (Å²) in [6.07, 6.45) is -0.365. The van der Waals surface area contributed by atoms with Gasteiger partial charge < -0.3 is 10.4 Å². The number of nitrogens with zero attached hydrogens (tertiary/aromatic N) is 1. The fourth-order valence-electron chi connectivity index (χ4n) is 1.99. The van der Waals surface area contributed by atoms with E-state index < -0.39 is 12.0 Å². The summed E-state index contributed by atoms with van der Waals surface area (Å²) in [5.41, 5.74) is 1.52. The van der Waals surface area contributed by atoms with Crippen LogP contribution in [0, 0.1) is 6.92 Å². The van der Waals surface area contributed by atoms with Crippen LogP contribution in [0.5, 0.6) is 0 Å². The predicted octanol–water partition coefficient (Wildman–Crippen LogP) is 3.02. The molecule has 0 bridgehead atoms. The zero-order valence-electron chi connectivity index (χ0n) is 11.9. The van der Waals surface area contributed by atoms with Crippen LogP contribution in [0.25, 0.3) is 0 Å². The van der Waals surface area contributed by atoms with Gasteiger partial charge in [-0.3, -0.25) is 4.79 Å². The Labute approximate surface area is 132 Å². The van der Waals surface area contributed by atoms with E-state index in [1.54, 1.807) is 35.6 Å². The van der Waals surface area contributed by atoms with Crippen molar-refractivity contribution in [1.29, 1.82) is 0 Å². The maximum absolute atomic E-state index is 12.0. The number of halogens is 1. The largest absolute Gasteiger partial charge is 0.378 e. The summed E-state index contributed by atoms with van der Waals surface area (Å²) < 4.78 is 0. The van der Waals surface area contributed by atoms with E-state index in [1.165, 1.54) is 0 Å². The highest BCUT2D eigenvalue weighted by Crippen LogP contribution is 2.20. The van der Waals surface area contributed by atoms with Gasteiger partial charge in [-0.15, -0.1) is 11.3 Å². The summed E-state index contributed by atoms with van der Waals surface area (Å²) in [6, 6.07) is 6.58. The number of aliphatic hydroxyl groups excluding tert-OH is 1. The molecule has 1 heterocycles. The highest BCUT2D eigenvalue weighted by molar-refractivity contribution is 7.11. The van der Waals surface area contributed by atoms with Crippen molar-refractivity contribution < 1.29 is 9.90 Å². The number of aromatic nitrogens is 1. The van der Waals surface area contributed by atoms with Gasteiger partial charge in [0.15, 0.2) is 6.10 Å². The monoisotopic (exact) mass is 324 g/mol. The van der Waals surface area contributed by atoms with E-state index in [4.69, 9.17) is 11.6 Å². The number of carbonyl (C=O) groups excluding carboxylic acids is 1. The molecule has 0 aliphatic heterocycles. The topological polar surface area (TPSA) is 62.2 Å². The maximum atomic E-state index is 12.0. The number of carbonyl (C=O) groups is 1. The summed E-state index contributed by atoms with van der Waals surface area (Å²) in [4.78, 5) is 17.4. The van der Waals surface area contributed by atoms with Gasteiger partial charge in [-0.05, 0) is 31.0 Å². The van der Waals surface area contributed by atoms with Gasteiger partial charge in [-0.2, -0.15) is 0 Å². The van der Waals surface area contributed by atoms with E-state index in [0.717, 1.165) is 22.0 Å². The van der Waals surface area contributed by atoms with Gasteiger partial charge in [-0.1, -0.05) is 30.7 Å². The summed E-state index contributed by atoms with van der Waals surface area (Å²) in [6.45, 7) is 4.36. The van der Waals surface area contributed by atoms with Gasteiger partial charge in [0.1, 0.15) is 0 Å². The minimum absolute atomic E-state index is 0.387. The molecule has 1 amide bonds. The van der Waals surface area contributed by atoms with Crippen molar-refractivity contribution in [3.63, 3.8) is 0 Å². The summed E-state index contributed by atoms with van der Waals surface area (Å²) >= 11 is 7.35. The molecule has 2 N–H and O–H groups in total. The molecule has 21 heavy (non-hydrogen) atoms. The van der Waals surface area contributed by atoms with Crippen LogP contribution in [-0.2, 0) is 17.8 Å². The van der Waals surface area contributed by atoms with Crippen molar-refractivity contribution in [2.45, 2.75) is 32.9 Å². The van der Waals surface area contributed by atoms with E-state index in [1.807, 2.05) is 13.8 Å².